The smallest absolute Gasteiger partial charge is 0.0750 e. The molecule has 0 aromatic heterocycles. The fourth-order valence-electron chi connectivity index (χ4n) is 2.33. The van der Waals surface area contributed by atoms with Crippen LogP contribution in [0.3, 0.4) is 0 Å². The molecular formula is C13H17BrClNO. The highest BCUT2D eigenvalue weighted by molar-refractivity contribution is 9.10. The molecule has 1 saturated heterocycles. The maximum atomic E-state index is 5.83. The summed E-state index contributed by atoms with van der Waals surface area (Å²) in [6.45, 7) is 2.99. The summed E-state index contributed by atoms with van der Waals surface area (Å²) < 4.78 is 6.71. The number of ether oxygens (including phenoxy) is 1. The largest absolute Gasteiger partial charge is 0.376 e. The van der Waals surface area contributed by atoms with E-state index in [4.69, 9.17) is 16.3 Å². The molecule has 94 valence electrons. The van der Waals surface area contributed by atoms with E-state index < -0.39 is 0 Å². The molecule has 0 saturated carbocycles. The first kappa shape index (κ1) is 13.2. The van der Waals surface area contributed by atoms with E-state index in [9.17, 15) is 0 Å². The van der Waals surface area contributed by atoms with Gasteiger partial charge in [-0.1, -0.05) is 6.07 Å². The van der Waals surface area contributed by atoms with Crippen LogP contribution < -0.4 is 4.90 Å². The number of halogens is 2. The molecule has 1 fully saturated rings. The summed E-state index contributed by atoms with van der Waals surface area (Å²) >= 11 is 9.44. The Labute approximate surface area is 116 Å². The highest BCUT2D eigenvalue weighted by Crippen LogP contribution is 2.31. The Kier molecular flexibility index (Phi) is 4.34. The van der Waals surface area contributed by atoms with E-state index in [1.807, 2.05) is 0 Å². The van der Waals surface area contributed by atoms with E-state index in [2.05, 4.69) is 53.0 Å². The number of rotatable bonds is 3. The lowest BCUT2D eigenvalue weighted by atomic mass is 10.1. The van der Waals surface area contributed by atoms with Crippen LogP contribution in [0.25, 0.3) is 0 Å². The van der Waals surface area contributed by atoms with Crippen molar-refractivity contribution in [3.05, 3.63) is 28.2 Å². The zero-order valence-corrected chi connectivity index (χ0v) is 12.5. The summed E-state index contributed by atoms with van der Waals surface area (Å²) in [6, 6.07) is 6.73. The van der Waals surface area contributed by atoms with Gasteiger partial charge in [0.2, 0.25) is 0 Å². The molecule has 0 aliphatic carbocycles. The molecule has 2 rings (SSSR count). The number of anilines is 1. The summed E-state index contributed by atoms with van der Waals surface area (Å²) in [5.74, 6) is 0.547. The Morgan fingerprint density at radius 1 is 1.53 bits per heavy atom. The number of hydrogen-bond acceptors (Lipinski definition) is 2. The lowest BCUT2D eigenvalue weighted by Crippen LogP contribution is -2.36. The molecule has 2 unspecified atom stereocenters. The highest BCUT2D eigenvalue weighted by atomic mass is 79.9. The third-order valence-corrected chi connectivity index (χ3v) is 4.32. The predicted octanol–water partition coefficient (Wildman–Crippen LogP) is 3.80. The fraction of sp³-hybridized carbons (Fsp3) is 0.538. The highest BCUT2D eigenvalue weighted by Gasteiger charge is 2.28. The third-order valence-electron chi connectivity index (χ3n) is 3.38. The second-order valence-electron chi connectivity index (χ2n) is 4.46. The summed E-state index contributed by atoms with van der Waals surface area (Å²) in [6.07, 6.45) is 1.38. The SMILES string of the molecule is CC1OCCC1N(C)c1ccc(CCl)cc1Br. The van der Waals surface area contributed by atoms with E-state index in [1.165, 1.54) is 5.69 Å². The van der Waals surface area contributed by atoms with Gasteiger partial charge >= 0.3 is 0 Å². The Morgan fingerprint density at radius 2 is 2.29 bits per heavy atom. The van der Waals surface area contributed by atoms with Gasteiger partial charge in [-0.05, 0) is 47.0 Å². The fourth-order valence-corrected chi connectivity index (χ4v) is 3.20. The topological polar surface area (TPSA) is 12.5 Å². The van der Waals surface area contributed by atoms with E-state index in [0.717, 1.165) is 23.1 Å². The molecule has 0 amide bonds. The van der Waals surface area contributed by atoms with Gasteiger partial charge in [0.15, 0.2) is 0 Å². The number of nitrogens with zero attached hydrogens (tertiary/aromatic N) is 1. The van der Waals surface area contributed by atoms with Crippen LogP contribution in [0, 0.1) is 0 Å². The minimum Gasteiger partial charge on any atom is -0.376 e. The number of likely N-dealkylation sites (N-methyl/N-ethyl adjacent to an activating group) is 1. The normalized spacial score (nSPS) is 24.0. The molecule has 2 nitrogen and oxygen atoms in total. The standard InChI is InChI=1S/C13H17BrClNO/c1-9-12(5-6-17-9)16(2)13-4-3-10(8-15)7-11(13)14/h3-4,7,9,12H,5-6,8H2,1-2H3. The van der Waals surface area contributed by atoms with Gasteiger partial charge in [-0.3, -0.25) is 0 Å². The Hall–Kier alpha value is -0.250. The Morgan fingerprint density at radius 3 is 2.82 bits per heavy atom. The Bertz CT molecular complexity index is 399. The van der Waals surface area contributed by atoms with Crippen molar-refractivity contribution in [2.45, 2.75) is 31.4 Å². The van der Waals surface area contributed by atoms with Crippen LogP contribution in [0.4, 0.5) is 5.69 Å². The van der Waals surface area contributed by atoms with Crippen molar-refractivity contribution < 1.29 is 4.74 Å². The molecule has 0 N–H and O–H groups in total. The molecule has 4 heteroatoms. The summed E-state index contributed by atoms with van der Waals surface area (Å²) in [4.78, 5) is 2.29. The first-order chi connectivity index (χ1) is 8.13. The van der Waals surface area contributed by atoms with Gasteiger partial charge in [-0.25, -0.2) is 0 Å². The molecule has 0 spiro atoms. The van der Waals surface area contributed by atoms with Gasteiger partial charge in [0.1, 0.15) is 0 Å². The lowest BCUT2D eigenvalue weighted by molar-refractivity contribution is 0.118. The third kappa shape index (κ3) is 2.78. The molecule has 2 atom stereocenters. The molecule has 1 aromatic rings. The van der Waals surface area contributed by atoms with Crippen LogP contribution in [0.1, 0.15) is 18.9 Å². The Balaban J connectivity index is 2.21. The second kappa shape index (κ2) is 5.59. The lowest BCUT2D eigenvalue weighted by Gasteiger charge is -2.29. The van der Waals surface area contributed by atoms with Crippen molar-refractivity contribution in [1.82, 2.24) is 0 Å². The molecular weight excluding hydrogens is 302 g/mol. The molecule has 0 bridgehead atoms. The van der Waals surface area contributed by atoms with Crippen molar-refractivity contribution >= 4 is 33.2 Å². The van der Waals surface area contributed by atoms with Crippen molar-refractivity contribution in [3.63, 3.8) is 0 Å². The van der Waals surface area contributed by atoms with Gasteiger partial charge < -0.3 is 9.64 Å². The van der Waals surface area contributed by atoms with Crippen LogP contribution in [0.5, 0.6) is 0 Å². The van der Waals surface area contributed by atoms with Crippen molar-refractivity contribution in [2.75, 3.05) is 18.6 Å². The predicted molar refractivity (Wildman–Crippen MR) is 75.9 cm³/mol. The van der Waals surface area contributed by atoms with Crippen LogP contribution in [0.2, 0.25) is 0 Å². The van der Waals surface area contributed by atoms with Gasteiger partial charge in [0, 0.05) is 24.0 Å². The maximum Gasteiger partial charge on any atom is 0.0750 e. The zero-order chi connectivity index (χ0) is 12.4. The van der Waals surface area contributed by atoms with Gasteiger partial charge in [0.25, 0.3) is 0 Å². The number of alkyl halides is 1. The molecule has 17 heavy (non-hydrogen) atoms. The van der Waals surface area contributed by atoms with Gasteiger partial charge in [0.05, 0.1) is 17.8 Å². The summed E-state index contributed by atoms with van der Waals surface area (Å²) in [5, 5.41) is 0. The van der Waals surface area contributed by atoms with Crippen molar-refractivity contribution in [3.8, 4) is 0 Å². The molecule has 1 aromatic carbocycles. The summed E-state index contributed by atoms with van der Waals surface area (Å²) in [5.41, 5.74) is 2.33. The average molecular weight is 319 g/mol. The van der Waals surface area contributed by atoms with Crippen LogP contribution in [-0.4, -0.2) is 25.8 Å². The first-order valence-electron chi connectivity index (χ1n) is 5.82. The minimum absolute atomic E-state index is 0.291. The maximum absolute atomic E-state index is 5.83. The zero-order valence-electron chi connectivity index (χ0n) is 10.1. The number of hydrogen-bond donors (Lipinski definition) is 0. The molecule has 1 heterocycles. The van der Waals surface area contributed by atoms with Crippen LogP contribution >= 0.6 is 27.5 Å². The second-order valence-corrected chi connectivity index (χ2v) is 5.58. The minimum atomic E-state index is 0.291. The summed E-state index contributed by atoms with van der Waals surface area (Å²) in [7, 11) is 2.12. The first-order valence-corrected chi connectivity index (χ1v) is 7.15. The number of benzene rings is 1. The average Bonchev–Trinajstić information content (AvgIpc) is 2.74. The van der Waals surface area contributed by atoms with Crippen molar-refractivity contribution in [1.29, 1.82) is 0 Å². The van der Waals surface area contributed by atoms with E-state index in [-0.39, 0.29) is 0 Å². The molecule has 0 radical (unpaired) electrons. The quantitative estimate of drug-likeness (QED) is 0.786. The van der Waals surface area contributed by atoms with Crippen LogP contribution in [-0.2, 0) is 10.6 Å². The molecule has 1 aliphatic rings. The van der Waals surface area contributed by atoms with Crippen LogP contribution in [0.15, 0.2) is 22.7 Å². The van der Waals surface area contributed by atoms with E-state index in [0.29, 0.717) is 18.0 Å². The molecule has 1 aliphatic heterocycles. The van der Waals surface area contributed by atoms with E-state index >= 15 is 0 Å². The van der Waals surface area contributed by atoms with Gasteiger partial charge in [-0.2, -0.15) is 0 Å². The van der Waals surface area contributed by atoms with Crippen molar-refractivity contribution in [2.24, 2.45) is 0 Å². The van der Waals surface area contributed by atoms with E-state index in [1.54, 1.807) is 0 Å². The van der Waals surface area contributed by atoms with Gasteiger partial charge in [-0.15, -0.1) is 11.6 Å². The monoisotopic (exact) mass is 317 g/mol.